The third kappa shape index (κ3) is 3.95. The van der Waals surface area contributed by atoms with Gasteiger partial charge in [-0.25, -0.2) is 4.99 Å². The second kappa shape index (κ2) is 8.19. The first kappa shape index (κ1) is 19.4. The summed E-state index contributed by atoms with van der Waals surface area (Å²) in [7, 11) is 3.18. The number of halogens is 1. The molecule has 7 heteroatoms. The number of methoxy groups -OCH3 is 2. The average Bonchev–Trinajstić information content (AvgIpc) is 3.07. The molecule has 0 saturated carbocycles. The molecule has 1 amide bonds. The number of hydrogen-bond donors (Lipinski definition) is 1. The van der Waals surface area contributed by atoms with E-state index in [0.29, 0.717) is 32.3 Å². The Hall–Kier alpha value is -2.96. The van der Waals surface area contributed by atoms with Crippen molar-refractivity contribution < 1.29 is 14.3 Å². The van der Waals surface area contributed by atoms with Crippen molar-refractivity contribution in [3.63, 3.8) is 0 Å². The van der Waals surface area contributed by atoms with Gasteiger partial charge in [0, 0.05) is 10.6 Å². The lowest BCUT2D eigenvalue weighted by molar-refractivity contribution is -0.115. The van der Waals surface area contributed by atoms with Crippen LogP contribution >= 0.6 is 23.4 Å². The van der Waals surface area contributed by atoms with Gasteiger partial charge in [0.15, 0.2) is 5.17 Å². The Morgan fingerprint density at radius 2 is 1.79 bits per heavy atom. The zero-order valence-electron chi connectivity index (χ0n) is 15.7. The summed E-state index contributed by atoms with van der Waals surface area (Å²) in [5.74, 6) is 1.06. The molecule has 1 fully saturated rings. The van der Waals surface area contributed by atoms with Crippen LogP contribution in [0.15, 0.2) is 64.5 Å². The van der Waals surface area contributed by atoms with Crippen LogP contribution in [0.5, 0.6) is 11.5 Å². The first-order valence-electron chi connectivity index (χ1n) is 8.78. The molecule has 3 aromatic carbocycles. The summed E-state index contributed by atoms with van der Waals surface area (Å²) in [6.07, 6.45) is 1.83. The second-order valence-electron chi connectivity index (χ2n) is 6.20. The fraction of sp³-hybridized carbons (Fsp3) is 0.0909. The highest BCUT2D eigenvalue weighted by Crippen LogP contribution is 2.36. The number of ether oxygens (including phenoxy) is 2. The highest BCUT2D eigenvalue weighted by Gasteiger charge is 2.25. The van der Waals surface area contributed by atoms with Crippen LogP contribution in [0.3, 0.4) is 0 Å². The maximum atomic E-state index is 12.6. The quantitative estimate of drug-likeness (QED) is 0.569. The molecule has 0 bridgehead atoms. The summed E-state index contributed by atoms with van der Waals surface area (Å²) in [6.45, 7) is 0. The highest BCUT2D eigenvalue weighted by molar-refractivity contribution is 8.18. The van der Waals surface area contributed by atoms with Crippen LogP contribution < -0.4 is 14.8 Å². The third-order valence-corrected chi connectivity index (χ3v) is 5.58. The summed E-state index contributed by atoms with van der Waals surface area (Å²) in [5.41, 5.74) is 1.40. The van der Waals surface area contributed by atoms with Crippen LogP contribution in [0.2, 0.25) is 5.02 Å². The Morgan fingerprint density at radius 3 is 2.59 bits per heavy atom. The Labute approximate surface area is 177 Å². The molecule has 0 aliphatic carbocycles. The van der Waals surface area contributed by atoms with Crippen LogP contribution in [0.4, 0.5) is 5.69 Å². The van der Waals surface area contributed by atoms with Gasteiger partial charge in [0.2, 0.25) is 0 Å². The van der Waals surface area contributed by atoms with E-state index in [4.69, 9.17) is 21.1 Å². The summed E-state index contributed by atoms with van der Waals surface area (Å²) in [4.78, 5) is 17.6. The molecule has 0 atom stereocenters. The van der Waals surface area contributed by atoms with E-state index in [2.05, 4.69) is 10.3 Å². The Balaban J connectivity index is 1.74. The number of aliphatic imine (C=N–C) groups is 1. The zero-order valence-corrected chi connectivity index (χ0v) is 17.3. The Morgan fingerprint density at radius 1 is 1.03 bits per heavy atom. The SMILES string of the molecule is COc1ccc(Cl)cc1N=C1NC(=O)/C(=C/c2c(OC)ccc3ccccc23)S1. The standard InChI is InChI=1S/C22H17ClN2O3S/c1-27-18-9-7-13-5-3-4-6-15(13)16(18)12-20-21(26)25-22(29-20)24-17-11-14(23)8-10-19(17)28-2/h3-12H,1-2H3,(H,24,25,26)/b20-12-. The van der Waals surface area contributed by atoms with Crippen LogP contribution in [-0.4, -0.2) is 25.3 Å². The maximum Gasteiger partial charge on any atom is 0.264 e. The number of nitrogens with one attached hydrogen (secondary N) is 1. The van der Waals surface area contributed by atoms with Gasteiger partial charge in [-0.2, -0.15) is 0 Å². The van der Waals surface area contributed by atoms with Gasteiger partial charge in [0.25, 0.3) is 5.91 Å². The molecule has 1 N–H and O–H groups in total. The molecule has 29 heavy (non-hydrogen) atoms. The van der Waals surface area contributed by atoms with E-state index in [-0.39, 0.29) is 5.91 Å². The van der Waals surface area contributed by atoms with Gasteiger partial charge in [-0.1, -0.05) is 41.9 Å². The van der Waals surface area contributed by atoms with Gasteiger partial charge < -0.3 is 14.8 Å². The molecule has 4 rings (SSSR count). The van der Waals surface area contributed by atoms with E-state index in [1.807, 2.05) is 42.5 Å². The predicted molar refractivity (Wildman–Crippen MR) is 119 cm³/mol. The van der Waals surface area contributed by atoms with Crippen LogP contribution in [-0.2, 0) is 4.79 Å². The third-order valence-electron chi connectivity index (χ3n) is 4.44. The second-order valence-corrected chi connectivity index (χ2v) is 7.67. The predicted octanol–water partition coefficient (Wildman–Crippen LogP) is 5.40. The van der Waals surface area contributed by atoms with Crippen molar-refractivity contribution in [1.82, 2.24) is 5.32 Å². The van der Waals surface area contributed by atoms with E-state index < -0.39 is 0 Å². The molecule has 1 aliphatic rings. The van der Waals surface area contributed by atoms with Crippen LogP contribution in [0.1, 0.15) is 5.56 Å². The molecule has 1 saturated heterocycles. The summed E-state index contributed by atoms with van der Waals surface area (Å²) in [6, 6.07) is 17.0. The monoisotopic (exact) mass is 424 g/mol. The van der Waals surface area contributed by atoms with Gasteiger partial charge >= 0.3 is 0 Å². The number of hydrogen-bond acceptors (Lipinski definition) is 5. The Kier molecular flexibility index (Phi) is 5.47. The summed E-state index contributed by atoms with van der Waals surface area (Å²) in [5, 5.41) is 5.87. The van der Waals surface area contributed by atoms with Crippen molar-refractivity contribution in [2.45, 2.75) is 0 Å². The van der Waals surface area contributed by atoms with Gasteiger partial charge in [-0.05, 0) is 52.9 Å². The molecule has 0 spiro atoms. The number of nitrogens with zero attached hydrogens (tertiary/aromatic N) is 1. The smallest absolute Gasteiger partial charge is 0.264 e. The molecule has 146 valence electrons. The van der Waals surface area contributed by atoms with Crippen molar-refractivity contribution in [2.75, 3.05) is 14.2 Å². The van der Waals surface area contributed by atoms with E-state index in [1.165, 1.54) is 11.8 Å². The molecule has 0 unspecified atom stereocenters. The van der Waals surface area contributed by atoms with Crippen molar-refractivity contribution in [3.8, 4) is 11.5 Å². The first-order valence-corrected chi connectivity index (χ1v) is 9.97. The van der Waals surface area contributed by atoms with Crippen molar-refractivity contribution in [2.24, 2.45) is 4.99 Å². The summed E-state index contributed by atoms with van der Waals surface area (Å²) < 4.78 is 10.8. The van der Waals surface area contributed by atoms with Crippen molar-refractivity contribution in [3.05, 3.63) is 70.1 Å². The molecule has 1 aliphatic heterocycles. The summed E-state index contributed by atoms with van der Waals surface area (Å²) >= 11 is 7.33. The molecule has 0 radical (unpaired) electrons. The minimum absolute atomic E-state index is 0.218. The maximum absolute atomic E-state index is 12.6. The largest absolute Gasteiger partial charge is 0.496 e. The van der Waals surface area contributed by atoms with Crippen LogP contribution in [0.25, 0.3) is 16.8 Å². The van der Waals surface area contributed by atoms with E-state index in [0.717, 1.165) is 16.3 Å². The average molecular weight is 425 g/mol. The molecule has 1 heterocycles. The van der Waals surface area contributed by atoms with Gasteiger partial charge in [0.1, 0.15) is 17.2 Å². The van der Waals surface area contributed by atoms with E-state index in [1.54, 1.807) is 32.4 Å². The lowest BCUT2D eigenvalue weighted by Gasteiger charge is -2.09. The topological polar surface area (TPSA) is 59.9 Å². The zero-order chi connectivity index (χ0) is 20.4. The highest BCUT2D eigenvalue weighted by atomic mass is 35.5. The van der Waals surface area contributed by atoms with Gasteiger partial charge in [0.05, 0.1) is 19.1 Å². The molecular weight excluding hydrogens is 408 g/mol. The number of thioether (sulfide) groups is 1. The van der Waals surface area contributed by atoms with E-state index >= 15 is 0 Å². The molecule has 3 aromatic rings. The normalized spacial score (nSPS) is 16.4. The number of carbonyl (C=O) groups is 1. The minimum atomic E-state index is -0.218. The Bertz CT molecular complexity index is 1170. The molecular formula is C22H17ClN2O3S. The number of benzene rings is 3. The van der Waals surface area contributed by atoms with Crippen LogP contribution in [0, 0.1) is 0 Å². The van der Waals surface area contributed by atoms with Crippen molar-refractivity contribution >= 4 is 57.0 Å². The lowest BCUT2D eigenvalue weighted by Crippen LogP contribution is -2.19. The molecule has 0 aromatic heterocycles. The number of amidine groups is 1. The number of rotatable bonds is 4. The number of carbonyl (C=O) groups excluding carboxylic acids is 1. The molecule has 5 nitrogen and oxygen atoms in total. The van der Waals surface area contributed by atoms with Gasteiger partial charge in [-0.15, -0.1) is 0 Å². The van der Waals surface area contributed by atoms with E-state index in [9.17, 15) is 4.79 Å². The van der Waals surface area contributed by atoms with Crippen molar-refractivity contribution in [1.29, 1.82) is 0 Å². The fourth-order valence-electron chi connectivity index (χ4n) is 3.07. The minimum Gasteiger partial charge on any atom is -0.496 e. The fourth-order valence-corrected chi connectivity index (χ4v) is 4.06. The number of amides is 1. The lowest BCUT2D eigenvalue weighted by atomic mass is 10.0. The van der Waals surface area contributed by atoms with Gasteiger partial charge in [-0.3, -0.25) is 4.79 Å². The number of fused-ring (bicyclic) bond motifs is 1. The first-order chi connectivity index (χ1) is 14.1.